The van der Waals surface area contributed by atoms with Crippen molar-refractivity contribution in [2.75, 3.05) is 19.8 Å². The molecule has 9 unspecified atom stereocenters. The molecule has 0 bridgehead atoms. The van der Waals surface area contributed by atoms with E-state index in [2.05, 4.69) is 27.3 Å². The Balaban J connectivity index is 0.900. The number of carbonyl (C=O) groups is 4. The molecule has 2 saturated carbocycles. The number of hydrogen-bond acceptors (Lipinski definition) is 12. The second-order valence-corrected chi connectivity index (χ2v) is 20.7. The fourth-order valence-corrected chi connectivity index (χ4v) is 10.3. The van der Waals surface area contributed by atoms with Crippen LogP contribution in [0.4, 0.5) is 13.2 Å². The van der Waals surface area contributed by atoms with Crippen LogP contribution in [-0.2, 0) is 23.9 Å². The topological polar surface area (TPSA) is 212 Å². The van der Waals surface area contributed by atoms with E-state index in [1.807, 2.05) is 52.0 Å². The number of carbonyl (C=O) groups excluding carboxylic acids is 4. The van der Waals surface area contributed by atoms with Crippen LogP contribution >= 0.6 is 0 Å². The molecule has 0 aromatic heterocycles. The zero-order valence-corrected chi connectivity index (χ0v) is 39.2. The third kappa shape index (κ3) is 10.6. The summed E-state index contributed by atoms with van der Waals surface area (Å²) in [5, 5.41) is 6.34. The number of para-hydroxylation sites is 1. The molecule has 0 spiro atoms. The summed E-state index contributed by atoms with van der Waals surface area (Å²) in [5.41, 5.74) is 11.9. The summed E-state index contributed by atoms with van der Waals surface area (Å²) >= 11 is 0. The number of alkyl halides is 3. The van der Waals surface area contributed by atoms with Crippen LogP contribution in [0.5, 0.6) is 17.2 Å². The van der Waals surface area contributed by atoms with E-state index in [0.717, 1.165) is 17.7 Å². The number of aliphatic imine (C=N–C) groups is 2. The molecule has 2 aromatic rings. The van der Waals surface area contributed by atoms with Gasteiger partial charge in [-0.05, 0) is 97.3 Å². The normalized spacial score (nSPS) is 29.5. The van der Waals surface area contributed by atoms with E-state index < -0.39 is 52.7 Å². The van der Waals surface area contributed by atoms with Crippen LogP contribution in [0, 0.1) is 29.6 Å². The van der Waals surface area contributed by atoms with Gasteiger partial charge >= 0.3 is 6.36 Å². The minimum atomic E-state index is -4.89. The molecule has 0 radical (unpaired) electrons. The SMILES string of the molecule is CCC1CC(NC(=O)C2CC2CN2C(=O)C(COCCC(C3CC3C(=O)NC3CC(C)(C)Oc4cc(OC(F)(F)F)ccc43)N3C(=O)CC(C)(C)N=C3N)C(C)(C)N=C2N)c2ccccc2O1. The maximum Gasteiger partial charge on any atom is 0.573 e. The largest absolute Gasteiger partial charge is 0.573 e. The number of rotatable bonds is 15. The molecule has 19 heteroatoms. The van der Waals surface area contributed by atoms with Crippen LogP contribution in [-0.4, -0.2) is 100 Å². The molecule has 8 rings (SSSR count). The number of hydrogen-bond donors (Lipinski definition) is 4. The minimum absolute atomic E-state index is 0.00137. The van der Waals surface area contributed by atoms with Crippen LogP contribution in [0.3, 0.4) is 0 Å². The van der Waals surface area contributed by atoms with Crippen molar-refractivity contribution in [3.8, 4) is 17.2 Å². The van der Waals surface area contributed by atoms with Gasteiger partial charge in [-0.25, -0.2) is 9.98 Å². The Labute approximate surface area is 388 Å². The van der Waals surface area contributed by atoms with Crippen molar-refractivity contribution in [2.24, 2.45) is 51.0 Å². The van der Waals surface area contributed by atoms with Gasteiger partial charge in [-0.3, -0.25) is 29.0 Å². The zero-order valence-electron chi connectivity index (χ0n) is 39.2. The Hall–Kier alpha value is -5.59. The van der Waals surface area contributed by atoms with Gasteiger partial charge in [0.25, 0.3) is 0 Å². The number of ether oxygens (including phenoxy) is 4. The van der Waals surface area contributed by atoms with Crippen molar-refractivity contribution in [2.45, 2.75) is 141 Å². The summed E-state index contributed by atoms with van der Waals surface area (Å²) in [6.45, 7) is 13.3. The maximum absolute atomic E-state index is 14.2. The molecule has 0 saturated heterocycles. The molecule has 9 atom stereocenters. The summed E-state index contributed by atoms with van der Waals surface area (Å²) < 4.78 is 61.5. The summed E-state index contributed by atoms with van der Waals surface area (Å²) in [6, 6.07) is 10.3. The Kier molecular flexibility index (Phi) is 12.7. The molecule has 4 amide bonds. The molecule has 67 heavy (non-hydrogen) atoms. The van der Waals surface area contributed by atoms with Crippen LogP contribution in [0.1, 0.15) is 117 Å². The molecule has 364 valence electrons. The van der Waals surface area contributed by atoms with Gasteiger partial charge in [0.1, 0.15) is 29.0 Å². The van der Waals surface area contributed by atoms with Crippen LogP contribution in [0.15, 0.2) is 52.4 Å². The first-order chi connectivity index (χ1) is 31.4. The predicted octanol–water partition coefficient (Wildman–Crippen LogP) is 5.65. The van der Waals surface area contributed by atoms with E-state index in [1.165, 1.54) is 28.0 Å². The van der Waals surface area contributed by atoms with Gasteiger partial charge < -0.3 is 41.0 Å². The summed E-state index contributed by atoms with van der Waals surface area (Å²) in [4.78, 5) is 67.7. The first kappa shape index (κ1) is 47.9. The molecule has 2 fully saturated rings. The lowest BCUT2D eigenvalue weighted by atomic mass is 9.86. The van der Waals surface area contributed by atoms with Crippen LogP contribution < -0.4 is 36.3 Å². The van der Waals surface area contributed by atoms with Gasteiger partial charge in [-0.15, -0.1) is 13.2 Å². The number of guanidine groups is 2. The average Bonchev–Trinajstić information content (AvgIpc) is 4.15. The van der Waals surface area contributed by atoms with Crippen LogP contribution in [0.25, 0.3) is 0 Å². The van der Waals surface area contributed by atoms with Crippen molar-refractivity contribution in [3.05, 3.63) is 53.6 Å². The highest BCUT2D eigenvalue weighted by atomic mass is 19.4. The van der Waals surface area contributed by atoms with Gasteiger partial charge in [0, 0.05) is 61.1 Å². The molecule has 2 aliphatic carbocycles. The molecule has 4 aliphatic heterocycles. The van der Waals surface area contributed by atoms with E-state index in [0.29, 0.717) is 31.2 Å². The molecule has 2 aromatic carbocycles. The predicted molar refractivity (Wildman–Crippen MR) is 240 cm³/mol. The van der Waals surface area contributed by atoms with Crippen molar-refractivity contribution >= 4 is 35.5 Å². The van der Waals surface area contributed by atoms with Crippen molar-refractivity contribution in [1.82, 2.24) is 20.4 Å². The van der Waals surface area contributed by atoms with Crippen molar-refractivity contribution in [3.63, 3.8) is 0 Å². The summed E-state index contributed by atoms with van der Waals surface area (Å²) in [6.07, 6.45) is -1.62. The Morgan fingerprint density at radius 1 is 0.910 bits per heavy atom. The third-order valence-electron chi connectivity index (χ3n) is 14.0. The van der Waals surface area contributed by atoms with Crippen molar-refractivity contribution < 1.29 is 51.3 Å². The highest BCUT2D eigenvalue weighted by molar-refractivity contribution is 6.01. The number of benzene rings is 2. The third-order valence-corrected chi connectivity index (χ3v) is 14.0. The van der Waals surface area contributed by atoms with E-state index in [1.54, 1.807) is 13.8 Å². The lowest BCUT2D eigenvalue weighted by Crippen LogP contribution is -2.57. The van der Waals surface area contributed by atoms with Crippen LogP contribution in [0.2, 0.25) is 0 Å². The number of nitrogens with zero attached hydrogens (tertiary/aromatic N) is 4. The highest BCUT2D eigenvalue weighted by Gasteiger charge is 2.54. The van der Waals surface area contributed by atoms with E-state index in [4.69, 9.17) is 30.7 Å². The summed E-state index contributed by atoms with van der Waals surface area (Å²) in [5.74, 6) is -2.08. The van der Waals surface area contributed by atoms with E-state index in [-0.39, 0.29) is 104 Å². The quantitative estimate of drug-likeness (QED) is 0.161. The molecule has 6 aliphatic rings. The number of nitrogens with two attached hydrogens (primary N) is 2. The monoisotopic (exact) mass is 936 g/mol. The molecule has 4 heterocycles. The second kappa shape index (κ2) is 17.8. The Bertz CT molecular complexity index is 2340. The first-order valence-electron chi connectivity index (χ1n) is 23.3. The Morgan fingerprint density at radius 3 is 2.33 bits per heavy atom. The van der Waals surface area contributed by atoms with Gasteiger partial charge in [0.15, 0.2) is 11.9 Å². The fraction of sp³-hybridized carbons (Fsp3) is 0.625. The lowest BCUT2D eigenvalue weighted by Gasteiger charge is -2.40. The van der Waals surface area contributed by atoms with Crippen molar-refractivity contribution in [1.29, 1.82) is 0 Å². The van der Waals surface area contributed by atoms with Gasteiger partial charge in [-0.2, -0.15) is 0 Å². The zero-order chi connectivity index (χ0) is 48.4. The minimum Gasteiger partial charge on any atom is -0.490 e. The van der Waals surface area contributed by atoms with Gasteiger partial charge in [0.05, 0.1) is 42.1 Å². The fourth-order valence-electron chi connectivity index (χ4n) is 10.3. The van der Waals surface area contributed by atoms with Gasteiger partial charge in [-0.1, -0.05) is 25.1 Å². The number of halogens is 3. The number of fused-ring (bicyclic) bond motifs is 2. The standard InChI is InChI=1S/C48H63F3N8O8/c1-8-26-18-34(28-11-9-10-12-37(28)65-26)54-40(61)30-17-25(30)23-58-42(63)33(47(6,7)57-43(58)52)24-64-16-15-36(59-39(60)22-45(2,3)56-44(59)53)31-20-32(31)41(62)55-35-21-46(4,5)67-38-19-27(13-14-29(35)38)66-48(49,50)51/h9-14,19,25-26,30-36H,8,15-18,20-24H2,1-7H3,(H2,52,57)(H2,53,56)(H,54,61)(H,55,62). The smallest absolute Gasteiger partial charge is 0.490 e. The van der Waals surface area contributed by atoms with E-state index in [9.17, 15) is 32.3 Å². The highest BCUT2D eigenvalue weighted by Crippen LogP contribution is 2.48. The maximum atomic E-state index is 14.2. The second-order valence-electron chi connectivity index (χ2n) is 20.7. The van der Waals surface area contributed by atoms with E-state index >= 15 is 0 Å². The molecular weight excluding hydrogens is 874 g/mol. The first-order valence-corrected chi connectivity index (χ1v) is 23.3. The molecule has 16 nitrogen and oxygen atoms in total. The number of amides is 4. The van der Waals surface area contributed by atoms with Gasteiger partial charge in [0.2, 0.25) is 23.6 Å². The average molecular weight is 937 g/mol. The lowest BCUT2D eigenvalue weighted by molar-refractivity contribution is -0.274. The number of nitrogens with one attached hydrogen (secondary N) is 2. The Morgan fingerprint density at radius 2 is 1.61 bits per heavy atom. The molecular formula is C48H63F3N8O8. The summed E-state index contributed by atoms with van der Waals surface area (Å²) in [7, 11) is 0. The molecule has 6 N–H and O–H groups in total.